The zero-order valence-electron chi connectivity index (χ0n) is 9.03. The summed E-state index contributed by atoms with van der Waals surface area (Å²) in [5.74, 6) is -0.737. The van der Waals surface area contributed by atoms with Gasteiger partial charge in [0.2, 0.25) is 0 Å². The number of benzene rings is 1. The summed E-state index contributed by atoms with van der Waals surface area (Å²) in [6.07, 6.45) is 0. The van der Waals surface area contributed by atoms with E-state index in [1.54, 1.807) is 12.1 Å². The zero-order chi connectivity index (χ0) is 12.3. The van der Waals surface area contributed by atoms with Crippen LogP contribution in [0.15, 0.2) is 18.2 Å². The summed E-state index contributed by atoms with van der Waals surface area (Å²) >= 11 is 5.81. The molecule has 0 aromatic heterocycles. The Kier molecular flexibility index (Phi) is 3.78. The topological polar surface area (TPSA) is 66.8 Å². The molecule has 5 heteroatoms. The Morgan fingerprint density at radius 1 is 1.56 bits per heavy atom. The van der Waals surface area contributed by atoms with Crippen molar-refractivity contribution in [2.45, 2.75) is 12.3 Å². The first-order chi connectivity index (χ1) is 7.45. The molecule has 0 saturated heterocycles. The van der Waals surface area contributed by atoms with E-state index >= 15 is 0 Å². The smallest absolute Gasteiger partial charge is 0.316 e. The summed E-state index contributed by atoms with van der Waals surface area (Å²) < 4.78 is 5.07. The van der Waals surface area contributed by atoms with Crippen molar-refractivity contribution in [1.29, 1.82) is 0 Å². The SMILES string of the molecule is COc1ccc(Cl)cc1C(C)(CO)C(=O)O. The summed E-state index contributed by atoms with van der Waals surface area (Å²) in [6, 6.07) is 4.67. The molecule has 0 spiro atoms. The van der Waals surface area contributed by atoms with Gasteiger partial charge in [-0.15, -0.1) is 0 Å². The quantitative estimate of drug-likeness (QED) is 0.846. The molecule has 0 saturated carbocycles. The van der Waals surface area contributed by atoms with Gasteiger partial charge in [0.25, 0.3) is 0 Å². The Labute approximate surface area is 98.4 Å². The van der Waals surface area contributed by atoms with Gasteiger partial charge in [-0.05, 0) is 25.1 Å². The van der Waals surface area contributed by atoms with E-state index in [9.17, 15) is 9.90 Å². The highest BCUT2D eigenvalue weighted by Crippen LogP contribution is 2.34. The van der Waals surface area contributed by atoms with E-state index in [2.05, 4.69) is 0 Å². The minimum atomic E-state index is -1.42. The van der Waals surface area contributed by atoms with Gasteiger partial charge in [-0.3, -0.25) is 4.79 Å². The molecule has 0 fully saturated rings. The molecular formula is C11H13ClO4. The number of hydrogen-bond acceptors (Lipinski definition) is 3. The van der Waals surface area contributed by atoms with Crippen molar-refractivity contribution in [3.8, 4) is 5.75 Å². The van der Waals surface area contributed by atoms with Crippen molar-refractivity contribution >= 4 is 17.6 Å². The Balaban J connectivity index is 3.39. The molecule has 0 aliphatic rings. The standard InChI is InChI=1S/C11H13ClO4/c1-11(6-13,10(14)15)8-5-7(12)3-4-9(8)16-2/h3-5,13H,6H2,1-2H3,(H,14,15). The highest BCUT2D eigenvalue weighted by molar-refractivity contribution is 6.30. The maximum atomic E-state index is 11.2. The van der Waals surface area contributed by atoms with Gasteiger partial charge in [0.1, 0.15) is 11.2 Å². The average molecular weight is 245 g/mol. The van der Waals surface area contributed by atoms with Crippen LogP contribution in [0.25, 0.3) is 0 Å². The molecule has 0 bridgehead atoms. The molecule has 1 rings (SSSR count). The number of methoxy groups -OCH3 is 1. The Morgan fingerprint density at radius 3 is 2.62 bits per heavy atom. The molecule has 0 aliphatic heterocycles. The van der Waals surface area contributed by atoms with Crippen LogP contribution in [-0.2, 0) is 10.2 Å². The lowest BCUT2D eigenvalue weighted by Crippen LogP contribution is -2.36. The number of carbonyl (C=O) groups is 1. The number of hydrogen-bond donors (Lipinski definition) is 2. The van der Waals surface area contributed by atoms with Crippen molar-refractivity contribution in [2.24, 2.45) is 0 Å². The number of aliphatic hydroxyl groups is 1. The predicted molar refractivity (Wildman–Crippen MR) is 60.1 cm³/mol. The number of halogens is 1. The molecule has 0 amide bonds. The van der Waals surface area contributed by atoms with Crippen LogP contribution in [0.2, 0.25) is 5.02 Å². The third-order valence-corrected chi connectivity index (χ3v) is 2.78. The lowest BCUT2D eigenvalue weighted by molar-refractivity contribution is -0.144. The molecule has 4 nitrogen and oxygen atoms in total. The summed E-state index contributed by atoms with van der Waals surface area (Å²) in [6.45, 7) is 0.891. The molecule has 0 heterocycles. The van der Waals surface area contributed by atoms with Crippen molar-refractivity contribution in [1.82, 2.24) is 0 Å². The molecule has 1 atom stereocenters. The molecule has 16 heavy (non-hydrogen) atoms. The second-order valence-electron chi connectivity index (χ2n) is 3.64. The zero-order valence-corrected chi connectivity index (χ0v) is 9.78. The van der Waals surface area contributed by atoms with E-state index in [0.29, 0.717) is 16.3 Å². The van der Waals surface area contributed by atoms with Gasteiger partial charge in [0.15, 0.2) is 0 Å². The van der Waals surface area contributed by atoms with Crippen LogP contribution in [0, 0.1) is 0 Å². The molecule has 1 unspecified atom stereocenters. The van der Waals surface area contributed by atoms with E-state index in [4.69, 9.17) is 21.4 Å². The summed E-state index contributed by atoms with van der Waals surface area (Å²) in [7, 11) is 1.44. The van der Waals surface area contributed by atoms with Crippen molar-refractivity contribution in [2.75, 3.05) is 13.7 Å². The average Bonchev–Trinajstić information content (AvgIpc) is 2.27. The molecule has 1 aromatic carbocycles. The van der Waals surface area contributed by atoms with Crippen LogP contribution >= 0.6 is 11.6 Å². The van der Waals surface area contributed by atoms with Gasteiger partial charge in [0.05, 0.1) is 13.7 Å². The number of rotatable bonds is 4. The van der Waals surface area contributed by atoms with Crippen LogP contribution in [0.5, 0.6) is 5.75 Å². The van der Waals surface area contributed by atoms with Crippen LogP contribution in [0.4, 0.5) is 0 Å². The normalized spacial score (nSPS) is 14.2. The number of aliphatic carboxylic acids is 1. The minimum Gasteiger partial charge on any atom is -0.496 e. The van der Waals surface area contributed by atoms with Crippen LogP contribution in [0.3, 0.4) is 0 Å². The maximum absolute atomic E-state index is 11.2. The fourth-order valence-electron chi connectivity index (χ4n) is 1.38. The summed E-state index contributed by atoms with van der Waals surface area (Å²) in [5, 5.41) is 18.8. The third kappa shape index (κ3) is 2.13. The molecule has 0 aliphatic carbocycles. The fraction of sp³-hybridized carbons (Fsp3) is 0.364. The summed E-state index contributed by atoms with van der Waals surface area (Å²) in [4.78, 5) is 11.2. The number of carboxylic acids is 1. The van der Waals surface area contributed by atoms with Crippen molar-refractivity contribution < 1.29 is 19.7 Å². The highest BCUT2D eigenvalue weighted by atomic mass is 35.5. The Hall–Kier alpha value is -1.26. The van der Waals surface area contributed by atoms with Crippen LogP contribution in [0.1, 0.15) is 12.5 Å². The minimum absolute atomic E-state index is 0.359. The predicted octanol–water partition coefficient (Wildman–Crippen LogP) is 1.68. The largest absolute Gasteiger partial charge is 0.496 e. The molecule has 2 N–H and O–H groups in total. The molecule has 1 aromatic rings. The van der Waals surface area contributed by atoms with Gasteiger partial charge in [-0.25, -0.2) is 0 Å². The Morgan fingerprint density at radius 2 is 2.19 bits per heavy atom. The lowest BCUT2D eigenvalue weighted by atomic mass is 9.83. The fourth-order valence-corrected chi connectivity index (χ4v) is 1.55. The maximum Gasteiger partial charge on any atom is 0.316 e. The lowest BCUT2D eigenvalue weighted by Gasteiger charge is -2.24. The van der Waals surface area contributed by atoms with E-state index in [1.165, 1.54) is 20.1 Å². The number of ether oxygens (including phenoxy) is 1. The number of carboxylic acid groups (broad SMARTS) is 1. The van der Waals surface area contributed by atoms with Gasteiger partial charge in [0, 0.05) is 10.6 Å². The van der Waals surface area contributed by atoms with Gasteiger partial charge < -0.3 is 14.9 Å². The first-order valence-corrected chi connectivity index (χ1v) is 5.01. The van der Waals surface area contributed by atoms with Crippen LogP contribution in [-0.4, -0.2) is 29.9 Å². The van der Waals surface area contributed by atoms with Gasteiger partial charge in [-0.2, -0.15) is 0 Å². The molecular weight excluding hydrogens is 232 g/mol. The Bertz CT molecular complexity index is 405. The number of aliphatic hydroxyl groups excluding tert-OH is 1. The first-order valence-electron chi connectivity index (χ1n) is 4.64. The van der Waals surface area contributed by atoms with Crippen LogP contribution < -0.4 is 4.74 Å². The third-order valence-electron chi connectivity index (χ3n) is 2.54. The summed E-state index contributed by atoms with van der Waals surface area (Å²) in [5.41, 5.74) is -1.06. The van der Waals surface area contributed by atoms with E-state index in [1.807, 2.05) is 0 Å². The van der Waals surface area contributed by atoms with Crippen molar-refractivity contribution in [3.05, 3.63) is 28.8 Å². The first kappa shape index (κ1) is 12.8. The monoisotopic (exact) mass is 244 g/mol. The van der Waals surface area contributed by atoms with E-state index in [-0.39, 0.29) is 0 Å². The van der Waals surface area contributed by atoms with E-state index < -0.39 is 18.0 Å². The molecule has 88 valence electrons. The second-order valence-corrected chi connectivity index (χ2v) is 4.08. The molecule has 0 radical (unpaired) electrons. The van der Waals surface area contributed by atoms with Crippen molar-refractivity contribution in [3.63, 3.8) is 0 Å². The second kappa shape index (κ2) is 4.72. The van der Waals surface area contributed by atoms with E-state index in [0.717, 1.165) is 0 Å². The highest BCUT2D eigenvalue weighted by Gasteiger charge is 2.37. The van der Waals surface area contributed by atoms with Gasteiger partial charge >= 0.3 is 5.97 Å². The van der Waals surface area contributed by atoms with Gasteiger partial charge in [-0.1, -0.05) is 11.6 Å².